The molecule has 1 heterocycles. The molecule has 1 fully saturated rings. The van der Waals surface area contributed by atoms with E-state index in [1.165, 1.54) is 4.90 Å². The fourth-order valence-electron chi connectivity index (χ4n) is 2.48. The lowest BCUT2D eigenvalue weighted by Gasteiger charge is -2.23. The molecule has 1 atom stereocenters. The quantitative estimate of drug-likeness (QED) is 0.809. The van der Waals surface area contributed by atoms with Gasteiger partial charge in [-0.1, -0.05) is 6.08 Å². The summed E-state index contributed by atoms with van der Waals surface area (Å²) in [5.41, 5.74) is 0.881. The van der Waals surface area contributed by atoms with Crippen LogP contribution in [0.15, 0.2) is 36.9 Å². The van der Waals surface area contributed by atoms with Gasteiger partial charge in [-0.2, -0.15) is 0 Å². The molecule has 2 rings (SSSR count). The summed E-state index contributed by atoms with van der Waals surface area (Å²) in [5, 5.41) is 2.65. The minimum absolute atomic E-state index is 0.0112. The van der Waals surface area contributed by atoms with Gasteiger partial charge in [0.1, 0.15) is 0 Å². The molecule has 0 bridgehead atoms. The van der Waals surface area contributed by atoms with Crippen molar-refractivity contribution in [1.29, 1.82) is 0 Å². The van der Waals surface area contributed by atoms with E-state index in [-0.39, 0.29) is 29.4 Å². The predicted molar refractivity (Wildman–Crippen MR) is 88.1 cm³/mol. The maximum atomic E-state index is 12.4. The summed E-state index contributed by atoms with van der Waals surface area (Å²) < 4.78 is 23.0. The molecule has 0 radical (unpaired) electrons. The van der Waals surface area contributed by atoms with E-state index >= 15 is 0 Å². The highest BCUT2D eigenvalue weighted by Crippen LogP contribution is 2.18. The first-order valence-corrected chi connectivity index (χ1v) is 9.13. The lowest BCUT2D eigenvalue weighted by Crippen LogP contribution is -2.37. The van der Waals surface area contributed by atoms with Gasteiger partial charge >= 0.3 is 0 Å². The van der Waals surface area contributed by atoms with Crippen molar-refractivity contribution in [2.45, 2.75) is 12.5 Å². The van der Waals surface area contributed by atoms with E-state index in [1.807, 2.05) is 0 Å². The number of hydrogen-bond acceptors (Lipinski definition) is 4. The van der Waals surface area contributed by atoms with Crippen LogP contribution in [0.2, 0.25) is 0 Å². The van der Waals surface area contributed by atoms with Crippen molar-refractivity contribution >= 4 is 21.7 Å². The Kier molecular flexibility index (Phi) is 5.20. The number of nitrogens with zero attached hydrogens (tertiary/aromatic N) is 1. The third kappa shape index (κ3) is 4.19. The number of hydrogen-bond donors (Lipinski definition) is 1. The highest BCUT2D eigenvalue weighted by molar-refractivity contribution is 7.91. The van der Waals surface area contributed by atoms with Gasteiger partial charge in [0.05, 0.1) is 11.5 Å². The van der Waals surface area contributed by atoms with Crippen LogP contribution >= 0.6 is 0 Å². The summed E-state index contributed by atoms with van der Waals surface area (Å²) in [4.78, 5) is 25.7. The van der Waals surface area contributed by atoms with Gasteiger partial charge in [0.2, 0.25) is 0 Å². The maximum absolute atomic E-state index is 12.4. The minimum Gasteiger partial charge on any atom is -0.349 e. The van der Waals surface area contributed by atoms with E-state index in [4.69, 9.17) is 0 Å². The number of nitrogens with one attached hydrogen (secondary N) is 1. The largest absolute Gasteiger partial charge is 0.349 e. The average molecular weight is 336 g/mol. The predicted octanol–water partition coefficient (Wildman–Crippen LogP) is 0.862. The maximum Gasteiger partial charge on any atom is 0.253 e. The van der Waals surface area contributed by atoms with E-state index < -0.39 is 9.84 Å². The monoisotopic (exact) mass is 336 g/mol. The molecule has 1 aromatic carbocycles. The third-order valence-corrected chi connectivity index (χ3v) is 5.63. The molecule has 1 saturated heterocycles. The number of carbonyl (C=O) groups is 2. The minimum atomic E-state index is -3.04. The van der Waals surface area contributed by atoms with Gasteiger partial charge < -0.3 is 10.2 Å². The first-order chi connectivity index (χ1) is 10.8. The molecule has 7 heteroatoms. The first kappa shape index (κ1) is 17.2. The van der Waals surface area contributed by atoms with Gasteiger partial charge in [-0.15, -0.1) is 6.58 Å². The van der Waals surface area contributed by atoms with Crippen molar-refractivity contribution in [3.63, 3.8) is 0 Å². The van der Waals surface area contributed by atoms with Crippen molar-refractivity contribution < 1.29 is 18.0 Å². The van der Waals surface area contributed by atoms with Gasteiger partial charge in [0, 0.05) is 30.8 Å². The van der Waals surface area contributed by atoms with E-state index in [9.17, 15) is 18.0 Å². The molecule has 6 nitrogen and oxygen atoms in total. The summed E-state index contributed by atoms with van der Waals surface area (Å²) in [7, 11) is -1.43. The van der Waals surface area contributed by atoms with Gasteiger partial charge in [-0.25, -0.2) is 8.42 Å². The van der Waals surface area contributed by atoms with Gasteiger partial charge in [-0.3, -0.25) is 9.59 Å². The van der Waals surface area contributed by atoms with E-state index in [0.29, 0.717) is 24.1 Å². The van der Waals surface area contributed by atoms with Crippen molar-refractivity contribution in [2.24, 2.45) is 0 Å². The zero-order valence-electron chi connectivity index (χ0n) is 13.0. The normalized spacial score (nSPS) is 19.1. The van der Waals surface area contributed by atoms with E-state index in [1.54, 1.807) is 37.4 Å². The van der Waals surface area contributed by atoms with Crippen LogP contribution in [0.3, 0.4) is 0 Å². The molecule has 124 valence electrons. The Labute approximate surface area is 136 Å². The van der Waals surface area contributed by atoms with Crippen LogP contribution in [-0.4, -0.2) is 56.3 Å². The summed E-state index contributed by atoms with van der Waals surface area (Å²) in [6, 6.07) is 6.01. The van der Waals surface area contributed by atoms with Crippen LogP contribution in [0.4, 0.5) is 0 Å². The molecule has 0 aliphatic carbocycles. The molecule has 2 amide bonds. The number of benzene rings is 1. The molecule has 0 spiro atoms. The summed E-state index contributed by atoms with van der Waals surface area (Å²) in [5.74, 6) is -0.348. The summed E-state index contributed by atoms with van der Waals surface area (Å²) in [6.07, 6.45) is 2.05. The SMILES string of the molecule is C=CCNC(=O)c1ccc(C(=O)N(C)C2CCS(=O)(=O)C2)cc1. The number of rotatable bonds is 5. The molecule has 1 N–H and O–H groups in total. The van der Waals surface area contributed by atoms with Crippen LogP contribution in [0.1, 0.15) is 27.1 Å². The first-order valence-electron chi connectivity index (χ1n) is 7.31. The summed E-state index contributed by atoms with van der Waals surface area (Å²) in [6.45, 7) is 3.90. The second kappa shape index (κ2) is 6.95. The molecular weight excluding hydrogens is 316 g/mol. The lowest BCUT2D eigenvalue weighted by atomic mass is 10.1. The van der Waals surface area contributed by atoms with Crippen molar-refractivity contribution in [2.75, 3.05) is 25.1 Å². The summed E-state index contributed by atoms with van der Waals surface area (Å²) >= 11 is 0. The van der Waals surface area contributed by atoms with Gasteiger partial charge in [0.25, 0.3) is 11.8 Å². The van der Waals surface area contributed by atoms with Crippen LogP contribution in [0.25, 0.3) is 0 Å². The van der Waals surface area contributed by atoms with Gasteiger partial charge in [-0.05, 0) is 30.7 Å². The Morgan fingerprint density at radius 1 is 1.30 bits per heavy atom. The van der Waals surface area contributed by atoms with Crippen LogP contribution in [0, 0.1) is 0 Å². The fraction of sp³-hybridized carbons (Fsp3) is 0.375. The topological polar surface area (TPSA) is 83.6 Å². The average Bonchev–Trinajstić information content (AvgIpc) is 2.91. The standard InChI is InChI=1S/C16H20N2O4S/c1-3-9-17-15(19)12-4-6-13(7-5-12)16(20)18(2)14-8-10-23(21,22)11-14/h3-7,14H,1,8-11H2,2H3,(H,17,19). The van der Waals surface area contributed by atoms with Crippen molar-refractivity contribution in [1.82, 2.24) is 10.2 Å². The Hall–Kier alpha value is -2.15. The Balaban J connectivity index is 2.05. The smallest absolute Gasteiger partial charge is 0.253 e. The van der Waals surface area contributed by atoms with Crippen molar-refractivity contribution in [3.8, 4) is 0 Å². The highest BCUT2D eigenvalue weighted by Gasteiger charge is 2.33. The van der Waals surface area contributed by atoms with Crippen molar-refractivity contribution in [3.05, 3.63) is 48.0 Å². The highest BCUT2D eigenvalue weighted by atomic mass is 32.2. The van der Waals surface area contributed by atoms with E-state index in [0.717, 1.165) is 0 Å². The second-order valence-electron chi connectivity index (χ2n) is 5.55. The Morgan fingerprint density at radius 2 is 1.91 bits per heavy atom. The van der Waals surface area contributed by atoms with Crippen LogP contribution in [-0.2, 0) is 9.84 Å². The molecule has 0 aromatic heterocycles. The molecule has 1 unspecified atom stereocenters. The molecular formula is C16H20N2O4S. The molecule has 0 saturated carbocycles. The molecule has 23 heavy (non-hydrogen) atoms. The van der Waals surface area contributed by atoms with Crippen LogP contribution < -0.4 is 5.32 Å². The fourth-order valence-corrected chi connectivity index (χ4v) is 4.26. The third-order valence-electron chi connectivity index (χ3n) is 3.88. The molecule has 1 aliphatic heterocycles. The lowest BCUT2D eigenvalue weighted by molar-refractivity contribution is 0.0747. The zero-order chi connectivity index (χ0) is 17.0. The Morgan fingerprint density at radius 3 is 2.43 bits per heavy atom. The number of carbonyl (C=O) groups excluding carboxylic acids is 2. The second-order valence-corrected chi connectivity index (χ2v) is 7.78. The molecule has 1 aliphatic rings. The number of sulfone groups is 1. The van der Waals surface area contributed by atoms with E-state index in [2.05, 4.69) is 11.9 Å². The Bertz CT molecular complexity index is 710. The van der Waals surface area contributed by atoms with Crippen LogP contribution in [0.5, 0.6) is 0 Å². The zero-order valence-corrected chi connectivity index (χ0v) is 13.8. The molecule has 1 aromatic rings. The number of amides is 2. The van der Waals surface area contributed by atoms with Gasteiger partial charge in [0.15, 0.2) is 9.84 Å².